The number of sulfonamides is 1. The van der Waals surface area contributed by atoms with Gasteiger partial charge in [-0.05, 0) is 36.8 Å². The minimum atomic E-state index is -3.77. The van der Waals surface area contributed by atoms with Crippen LogP contribution >= 0.6 is 11.6 Å². The van der Waals surface area contributed by atoms with E-state index in [-0.39, 0.29) is 27.7 Å². The number of amides is 1. The Bertz CT molecular complexity index is 856. The molecule has 1 amide bonds. The molecule has 2 rings (SSSR count). The highest BCUT2D eigenvalue weighted by atomic mass is 35.5. The van der Waals surface area contributed by atoms with Gasteiger partial charge in [-0.15, -0.1) is 0 Å². The summed E-state index contributed by atoms with van der Waals surface area (Å²) in [4.78, 5) is 11.9. The minimum Gasteiger partial charge on any atom is -0.319 e. The Morgan fingerprint density at radius 3 is 2.54 bits per heavy atom. The third kappa shape index (κ3) is 4.31. The Kier molecular flexibility index (Phi) is 5.93. The van der Waals surface area contributed by atoms with Gasteiger partial charge in [-0.3, -0.25) is 4.79 Å². The van der Waals surface area contributed by atoms with Crippen LogP contribution in [0.15, 0.2) is 47.4 Å². The van der Waals surface area contributed by atoms with Gasteiger partial charge in [-0.1, -0.05) is 30.7 Å². The van der Waals surface area contributed by atoms with Crippen molar-refractivity contribution in [3.63, 3.8) is 0 Å². The highest BCUT2D eigenvalue weighted by Gasteiger charge is 2.17. The number of rotatable bonds is 6. The summed E-state index contributed by atoms with van der Waals surface area (Å²) in [6, 6.07) is 9.63. The molecule has 0 saturated heterocycles. The zero-order valence-corrected chi connectivity index (χ0v) is 14.4. The Hall–Kier alpha value is -1.96. The van der Waals surface area contributed by atoms with Crippen LogP contribution < -0.4 is 10.0 Å². The summed E-state index contributed by atoms with van der Waals surface area (Å²) in [5, 5.41) is 2.61. The van der Waals surface area contributed by atoms with Gasteiger partial charge in [0.2, 0.25) is 10.0 Å². The lowest BCUT2D eigenvalue weighted by Gasteiger charge is -2.10. The van der Waals surface area contributed by atoms with Crippen molar-refractivity contribution in [2.24, 2.45) is 0 Å². The lowest BCUT2D eigenvalue weighted by molar-refractivity contribution is 0.102. The van der Waals surface area contributed by atoms with Crippen LogP contribution in [-0.4, -0.2) is 20.9 Å². The van der Waals surface area contributed by atoms with Crippen molar-refractivity contribution < 1.29 is 17.6 Å². The number of benzene rings is 2. The first-order valence-electron chi connectivity index (χ1n) is 7.20. The Morgan fingerprint density at radius 1 is 1.21 bits per heavy atom. The number of halogens is 2. The lowest BCUT2D eigenvalue weighted by Crippen LogP contribution is -2.24. The molecule has 2 N–H and O–H groups in total. The zero-order valence-electron chi connectivity index (χ0n) is 12.8. The maximum absolute atomic E-state index is 14.1. The van der Waals surface area contributed by atoms with E-state index in [1.807, 2.05) is 6.92 Å². The number of hydrogen-bond acceptors (Lipinski definition) is 3. The Balaban J connectivity index is 2.22. The predicted octanol–water partition coefficient (Wildman–Crippen LogP) is 3.42. The largest absolute Gasteiger partial charge is 0.319 e. The van der Waals surface area contributed by atoms with E-state index >= 15 is 0 Å². The van der Waals surface area contributed by atoms with Crippen molar-refractivity contribution >= 4 is 33.2 Å². The van der Waals surface area contributed by atoms with Crippen molar-refractivity contribution in [2.75, 3.05) is 11.9 Å². The van der Waals surface area contributed by atoms with Crippen molar-refractivity contribution in [1.82, 2.24) is 4.72 Å². The van der Waals surface area contributed by atoms with Crippen LogP contribution in [0.25, 0.3) is 0 Å². The molecule has 0 aliphatic heterocycles. The van der Waals surface area contributed by atoms with Crippen molar-refractivity contribution in [3.05, 3.63) is 58.9 Å². The topological polar surface area (TPSA) is 75.3 Å². The quantitative estimate of drug-likeness (QED) is 0.818. The fourth-order valence-corrected chi connectivity index (χ4v) is 3.29. The molecule has 0 radical (unpaired) electrons. The van der Waals surface area contributed by atoms with E-state index in [4.69, 9.17) is 11.6 Å². The standard InChI is InChI=1S/C16H16ClFN2O3S/c1-2-9-19-24(22,23)11-7-8-15(14(18)10-11)20-16(21)12-5-3-4-6-13(12)17/h3-8,10,19H,2,9H2,1H3,(H,20,21). The van der Waals surface area contributed by atoms with Gasteiger partial charge in [0.15, 0.2) is 0 Å². The molecule has 24 heavy (non-hydrogen) atoms. The molecular weight excluding hydrogens is 355 g/mol. The van der Waals surface area contributed by atoms with Crippen molar-refractivity contribution in [1.29, 1.82) is 0 Å². The summed E-state index contributed by atoms with van der Waals surface area (Å²) >= 11 is 5.92. The van der Waals surface area contributed by atoms with E-state index < -0.39 is 21.7 Å². The van der Waals surface area contributed by atoms with Crippen LogP contribution in [0.5, 0.6) is 0 Å². The van der Waals surface area contributed by atoms with Gasteiger partial charge in [0.1, 0.15) is 5.82 Å². The number of carbonyl (C=O) groups excluding carboxylic acids is 1. The summed E-state index contributed by atoms with van der Waals surface area (Å²) in [6.45, 7) is 2.07. The van der Waals surface area contributed by atoms with Crippen molar-refractivity contribution in [3.8, 4) is 0 Å². The van der Waals surface area contributed by atoms with Gasteiger partial charge in [0, 0.05) is 6.54 Å². The van der Waals surface area contributed by atoms with E-state index in [9.17, 15) is 17.6 Å². The van der Waals surface area contributed by atoms with Crippen LogP contribution in [0.2, 0.25) is 5.02 Å². The number of anilines is 1. The van der Waals surface area contributed by atoms with E-state index in [2.05, 4.69) is 10.0 Å². The van der Waals surface area contributed by atoms with Gasteiger partial charge >= 0.3 is 0 Å². The fourth-order valence-electron chi connectivity index (χ4n) is 1.92. The molecule has 0 saturated carbocycles. The number of carbonyl (C=O) groups is 1. The Morgan fingerprint density at radius 2 is 1.92 bits per heavy atom. The molecule has 8 heteroatoms. The molecule has 2 aromatic rings. The minimum absolute atomic E-state index is 0.130. The monoisotopic (exact) mass is 370 g/mol. The van der Waals surface area contributed by atoms with Crippen molar-refractivity contribution in [2.45, 2.75) is 18.2 Å². The molecule has 0 aliphatic carbocycles. The molecule has 2 aromatic carbocycles. The smallest absolute Gasteiger partial charge is 0.257 e. The summed E-state index contributed by atoms with van der Waals surface area (Å²) in [5.74, 6) is -1.44. The fraction of sp³-hybridized carbons (Fsp3) is 0.188. The van der Waals surface area contributed by atoms with Gasteiger partial charge in [0.25, 0.3) is 5.91 Å². The zero-order chi connectivity index (χ0) is 17.7. The van der Waals surface area contributed by atoms with Crippen LogP contribution in [0.1, 0.15) is 23.7 Å². The maximum atomic E-state index is 14.1. The Labute approximate surface area is 144 Å². The van der Waals surface area contributed by atoms with E-state index in [1.165, 1.54) is 18.2 Å². The highest BCUT2D eigenvalue weighted by Crippen LogP contribution is 2.21. The average molecular weight is 371 g/mol. The van der Waals surface area contributed by atoms with Crippen LogP contribution in [-0.2, 0) is 10.0 Å². The average Bonchev–Trinajstić information content (AvgIpc) is 2.55. The van der Waals surface area contributed by atoms with Gasteiger partial charge in [-0.25, -0.2) is 17.5 Å². The van der Waals surface area contributed by atoms with E-state index in [0.717, 1.165) is 6.07 Å². The molecule has 0 heterocycles. The van der Waals surface area contributed by atoms with Gasteiger partial charge in [-0.2, -0.15) is 0 Å². The molecule has 0 bridgehead atoms. The first-order chi connectivity index (χ1) is 11.3. The summed E-state index contributed by atoms with van der Waals surface area (Å²) in [5.41, 5.74) is 0.0641. The van der Waals surface area contributed by atoms with E-state index in [1.54, 1.807) is 18.2 Å². The number of nitrogens with one attached hydrogen (secondary N) is 2. The second-order valence-corrected chi connectivity index (χ2v) is 7.15. The van der Waals surface area contributed by atoms with Gasteiger partial charge < -0.3 is 5.32 Å². The number of hydrogen-bond donors (Lipinski definition) is 2. The molecule has 5 nitrogen and oxygen atoms in total. The maximum Gasteiger partial charge on any atom is 0.257 e. The summed E-state index contributed by atoms with van der Waals surface area (Å²) in [7, 11) is -3.77. The predicted molar refractivity (Wildman–Crippen MR) is 91.3 cm³/mol. The third-order valence-corrected chi connectivity index (χ3v) is 4.95. The normalized spacial score (nSPS) is 11.3. The molecule has 0 fully saturated rings. The first kappa shape index (κ1) is 18.4. The molecule has 128 valence electrons. The van der Waals surface area contributed by atoms with Crippen LogP contribution in [0.3, 0.4) is 0 Å². The lowest BCUT2D eigenvalue weighted by atomic mass is 10.2. The molecule has 0 aliphatic rings. The summed E-state index contributed by atoms with van der Waals surface area (Å²) in [6.07, 6.45) is 0.619. The SMILES string of the molecule is CCCNS(=O)(=O)c1ccc(NC(=O)c2ccccc2Cl)c(F)c1. The van der Waals surface area contributed by atoms with Gasteiger partial charge in [0.05, 0.1) is 21.2 Å². The second-order valence-electron chi connectivity index (χ2n) is 4.97. The second kappa shape index (κ2) is 7.74. The van der Waals surface area contributed by atoms with Crippen LogP contribution in [0.4, 0.5) is 10.1 Å². The molecule has 0 unspecified atom stereocenters. The first-order valence-corrected chi connectivity index (χ1v) is 9.06. The highest BCUT2D eigenvalue weighted by molar-refractivity contribution is 7.89. The third-order valence-electron chi connectivity index (χ3n) is 3.16. The molecular formula is C16H16ClFN2O3S. The van der Waals surface area contributed by atoms with Crippen LogP contribution in [0, 0.1) is 5.82 Å². The molecule has 0 aromatic heterocycles. The summed E-state index contributed by atoms with van der Waals surface area (Å²) < 4.78 is 40.4. The molecule has 0 atom stereocenters. The molecule has 0 spiro atoms. The van der Waals surface area contributed by atoms with E-state index in [0.29, 0.717) is 6.42 Å².